The minimum absolute atomic E-state index is 0.195. The largest absolute Gasteiger partial charge is 0.467 e. The van der Waals surface area contributed by atoms with Crippen molar-refractivity contribution in [2.24, 2.45) is 0 Å². The van der Waals surface area contributed by atoms with Gasteiger partial charge in [-0.25, -0.2) is 9.78 Å². The van der Waals surface area contributed by atoms with Crippen molar-refractivity contribution in [2.75, 3.05) is 7.11 Å². The molecule has 34 heavy (non-hydrogen) atoms. The SMILES string of the molecule is C#Cc1c(-c2ccccn2)cc(C(=O)N[C@H](Cc2cnc[nH]2)C(=O)OC)cc1-c1ccccn1. The van der Waals surface area contributed by atoms with Crippen LogP contribution in [0.3, 0.4) is 0 Å². The number of nitrogens with one attached hydrogen (secondary N) is 2. The number of methoxy groups -OCH3 is 1. The van der Waals surface area contributed by atoms with E-state index in [1.165, 1.54) is 13.4 Å². The molecule has 0 radical (unpaired) electrons. The van der Waals surface area contributed by atoms with E-state index in [9.17, 15) is 9.59 Å². The normalized spacial score (nSPS) is 11.3. The van der Waals surface area contributed by atoms with Gasteiger partial charge in [0.1, 0.15) is 6.04 Å². The molecule has 2 N–H and O–H groups in total. The van der Waals surface area contributed by atoms with Crippen LogP contribution < -0.4 is 5.32 Å². The molecule has 0 aliphatic heterocycles. The topological polar surface area (TPSA) is 110 Å². The summed E-state index contributed by atoms with van der Waals surface area (Å²) in [5, 5.41) is 2.76. The van der Waals surface area contributed by atoms with Gasteiger partial charge in [0.2, 0.25) is 0 Å². The highest BCUT2D eigenvalue weighted by Gasteiger charge is 2.25. The number of imidazole rings is 1. The highest BCUT2D eigenvalue weighted by molar-refractivity contribution is 6.00. The first-order valence-corrected chi connectivity index (χ1v) is 10.4. The monoisotopic (exact) mass is 451 g/mol. The number of aromatic nitrogens is 4. The summed E-state index contributed by atoms with van der Waals surface area (Å²) < 4.78 is 4.89. The molecule has 8 nitrogen and oxygen atoms in total. The van der Waals surface area contributed by atoms with Crippen LogP contribution in [-0.4, -0.2) is 45.0 Å². The Labute approximate surface area is 196 Å². The number of carbonyl (C=O) groups is 2. The third-order valence-electron chi connectivity index (χ3n) is 5.20. The number of hydrogen-bond acceptors (Lipinski definition) is 6. The van der Waals surface area contributed by atoms with Gasteiger partial charge in [0, 0.05) is 53.0 Å². The van der Waals surface area contributed by atoms with Gasteiger partial charge in [-0.2, -0.15) is 0 Å². The zero-order chi connectivity index (χ0) is 23.9. The van der Waals surface area contributed by atoms with E-state index < -0.39 is 17.9 Å². The van der Waals surface area contributed by atoms with Crippen LogP contribution in [0.4, 0.5) is 0 Å². The van der Waals surface area contributed by atoms with Crippen LogP contribution in [0.5, 0.6) is 0 Å². The summed E-state index contributed by atoms with van der Waals surface area (Å²) in [5.74, 6) is 1.69. The minimum Gasteiger partial charge on any atom is -0.467 e. The second kappa shape index (κ2) is 10.2. The number of benzene rings is 1. The maximum atomic E-state index is 13.3. The van der Waals surface area contributed by atoms with E-state index in [1.807, 2.05) is 24.3 Å². The lowest BCUT2D eigenvalue weighted by Crippen LogP contribution is -2.43. The van der Waals surface area contributed by atoms with E-state index in [1.54, 1.807) is 42.9 Å². The third-order valence-corrected chi connectivity index (χ3v) is 5.20. The Morgan fingerprint density at radius 3 is 2.21 bits per heavy atom. The number of pyridine rings is 2. The fourth-order valence-corrected chi connectivity index (χ4v) is 3.57. The third kappa shape index (κ3) is 4.84. The Balaban J connectivity index is 1.78. The van der Waals surface area contributed by atoms with Gasteiger partial charge in [-0.15, -0.1) is 6.42 Å². The molecule has 0 bridgehead atoms. The van der Waals surface area contributed by atoms with Crippen molar-refractivity contribution in [1.82, 2.24) is 25.3 Å². The van der Waals surface area contributed by atoms with Crippen LogP contribution >= 0.6 is 0 Å². The molecular weight excluding hydrogens is 430 g/mol. The smallest absolute Gasteiger partial charge is 0.328 e. The fraction of sp³-hybridized carbons (Fsp3) is 0.115. The standard InChI is InChI=1S/C26H21N5O3/c1-3-19-20(22-8-4-6-10-28-22)12-17(13-21(19)23-9-5-7-11-29-23)25(32)31-24(26(33)34-2)14-18-15-27-16-30-18/h1,4-13,15-16,24H,14H2,2H3,(H,27,30)(H,31,32)/t24-/m1/s1. The molecule has 0 aliphatic carbocycles. The average Bonchev–Trinajstić information content (AvgIpc) is 3.41. The second-order valence-electron chi connectivity index (χ2n) is 7.35. The first kappa shape index (κ1) is 22.4. The van der Waals surface area contributed by atoms with E-state index in [-0.39, 0.29) is 6.42 Å². The molecular formula is C26H21N5O3. The van der Waals surface area contributed by atoms with Crippen molar-refractivity contribution in [2.45, 2.75) is 12.5 Å². The Morgan fingerprint density at radius 1 is 1.09 bits per heavy atom. The van der Waals surface area contributed by atoms with Crippen molar-refractivity contribution in [1.29, 1.82) is 0 Å². The highest BCUT2D eigenvalue weighted by atomic mass is 16.5. The number of terminal acetylenes is 1. The summed E-state index contributed by atoms with van der Waals surface area (Å²) in [5.41, 5.74) is 4.00. The Bertz CT molecular complexity index is 1270. The predicted octanol–water partition coefficient (Wildman–Crippen LogP) is 3.03. The van der Waals surface area contributed by atoms with Crippen LogP contribution in [0, 0.1) is 12.3 Å². The molecule has 1 amide bonds. The van der Waals surface area contributed by atoms with Crippen LogP contribution in [0.2, 0.25) is 0 Å². The van der Waals surface area contributed by atoms with Crippen molar-refractivity contribution < 1.29 is 14.3 Å². The molecule has 0 saturated heterocycles. The number of carbonyl (C=O) groups excluding carboxylic acids is 2. The maximum absolute atomic E-state index is 13.3. The van der Waals surface area contributed by atoms with E-state index >= 15 is 0 Å². The molecule has 1 atom stereocenters. The van der Waals surface area contributed by atoms with Crippen molar-refractivity contribution in [3.05, 3.63) is 90.3 Å². The Hall–Kier alpha value is -4.77. The molecule has 0 aliphatic rings. The van der Waals surface area contributed by atoms with Crippen molar-refractivity contribution in [3.63, 3.8) is 0 Å². The van der Waals surface area contributed by atoms with Crippen LogP contribution in [0.25, 0.3) is 22.5 Å². The summed E-state index contributed by atoms with van der Waals surface area (Å²) >= 11 is 0. The minimum atomic E-state index is -0.915. The first-order valence-electron chi connectivity index (χ1n) is 10.4. The van der Waals surface area contributed by atoms with Crippen LogP contribution in [0.15, 0.2) is 73.4 Å². The molecule has 4 rings (SSSR count). The van der Waals surface area contributed by atoms with Gasteiger partial charge in [-0.1, -0.05) is 18.1 Å². The van der Waals surface area contributed by atoms with Crippen LogP contribution in [0.1, 0.15) is 21.6 Å². The number of hydrogen-bond donors (Lipinski definition) is 2. The molecule has 0 saturated carbocycles. The number of nitrogens with zero attached hydrogens (tertiary/aromatic N) is 3. The Kier molecular flexibility index (Phi) is 6.75. The summed E-state index contributed by atoms with van der Waals surface area (Å²) in [4.78, 5) is 41.4. The number of esters is 1. The van der Waals surface area contributed by atoms with Gasteiger partial charge in [-0.3, -0.25) is 14.8 Å². The molecule has 168 valence electrons. The zero-order valence-electron chi connectivity index (χ0n) is 18.4. The number of amides is 1. The molecule has 3 aromatic heterocycles. The average molecular weight is 451 g/mol. The summed E-state index contributed by atoms with van der Waals surface area (Å²) in [6, 6.07) is 13.3. The molecule has 4 aromatic rings. The van der Waals surface area contributed by atoms with E-state index in [4.69, 9.17) is 11.2 Å². The second-order valence-corrected chi connectivity index (χ2v) is 7.35. The number of ether oxygens (including phenoxy) is 1. The van der Waals surface area contributed by atoms with Crippen molar-refractivity contribution in [3.8, 4) is 34.9 Å². The summed E-state index contributed by atoms with van der Waals surface area (Å²) in [6.45, 7) is 0. The molecule has 0 spiro atoms. The van der Waals surface area contributed by atoms with Gasteiger partial charge in [0.15, 0.2) is 0 Å². The molecule has 0 unspecified atom stereocenters. The van der Waals surface area contributed by atoms with Gasteiger partial charge in [-0.05, 0) is 36.4 Å². The maximum Gasteiger partial charge on any atom is 0.328 e. The lowest BCUT2D eigenvalue weighted by atomic mass is 9.93. The summed E-state index contributed by atoms with van der Waals surface area (Å²) in [6.07, 6.45) is 12.5. The molecule has 0 fully saturated rings. The molecule has 1 aromatic carbocycles. The predicted molar refractivity (Wildman–Crippen MR) is 126 cm³/mol. The van der Waals surface area contributed by atoms with Gasteiger partial charge in [0.05, 0.1) is 24.8 Å². The van der Waals surface area contributed by atoms with E-state index in [0.717, 1.165) is 0 Å². The van der Waals surface area contributed by atoms with Gasteiger partial charge < -0.3 is 15.0 Å². The number of rotatable bonds is 7. The summed E-state index contributed by atoms with van der Waals surface area (Å²) in [7, 11) is 1.27. The lowest BCUT2D eigenvalue weighted by molar-refractivity contribution is -0.142. The first-order chi connectivity index (χ1) is 16.6. The number of aromatic amines is 1. The van der Waals surface area contributed by atoms with E-state index in [0.29, 0.717) is 39.3 Å². The quantitative estimate of drug-likeness (QED) is 0.330. The van der Waals surface area contributed by atoms with Crippen LogP contribution in [-0.2, 0) is 16.0 Å². The highest BCUT2D eigenvalue weighted by Crippen LogP contribution is 2.32. The molecule has 3 heterocycles. The number of H-pyrrole nitrogens is 1. The van der Waals surface area contributed by atoms with Crippen molar-refractivity contribution >= 4 is 11.9 Å². The zero-order valence-corrected chi connectivity index (χ0v) is 18.4. The van der Waals surface area contributed by atoms with Gasteiger partial charge >= 0.3 is 5.97 Å². The fourth-order valence-electron chi connectivity index (χ4n) is 3.57. The molecule has 8 heteroatoms. The lowest BCUT2D eigenvalue weighted by Gasteiger charge is -2.18. The van der Waals surface area contributed by atoms with E-state index in [2.05, 4.69) is 31.2 Å². The van der Waals surface area contributed by atoms with Gasteiger partial charge in [0.25, 0.3) is 5.91 Å². The Morgan fingerprint density at radius 2 is 1.74 bits per heavy atom.